The van der Waals surface area contributed by atoms with E-state index in [4.69, 9.17) is 4.74 Å². The molecular formula is C24H22N2O3S2. The van der Waals surface area contributed by atoms with Gasteiger partial charge in [0.1, 0.15) is 21.7 Å². The van der Waals surface area contributed by atoms with Gasteiger partial charge in [-0.2, -0.15) is 8.75 Å². The van der Waals surface area contributed by atoms with Gasteiger partial charge >= 0.3 is 0 Å². The zero-order valence-corrected chi connectivity index (χ0v) is 19.4. The molecule has 0 atom stereocenters. The lowest BCUT2D eigenvalue weighted by Gasteiger charge is -2.11. The fraction of sp³-hybridized carbons (Fsp3) is 0.250. The third-order valence-electron chi connectivity index (χ3n) is 5.01. The number of carbonyl (C=O) groups is 2. The number of thiophene rings is 1. The van der Waals surface area contributed by atoms with E-state index >= 15 is 0 Å². The topological polar surface area (TPSA) is 69.2 Å². The molecule has 0 saturated carbocycles. The molecule has 0 aliphatic heterocycles. The average Bonchev–Trinajstić information content (AvgIpc) is 3.39. The highest BCUT2D eigenvalue weighted by molar-refractivity contribution is 7.18. The van der Waals surface area contributed by atoms with Gasteiger partial charge in [-0.25, -0.2) is 0 Å². The van der Waals surface area contributed by atoms with Crippen LogP contribution in [-0.2, 0) is 6.42 Å². The Hall–Kier alpha value is -2.90. The molecule has 0 aliphatic carbocycles. The maximum atomic E-state index is 13.5. The normalized spacial score (nSPS) is 11.3. The molecule has 0 aliphatic rings. The maximum Gasteiger partial charge on any atom is 0.207 e. The first-order valence-corrected chi connectivity index (χ1v) is 11.5. The lowest BCUT2D eigenvalue weighted by Crippen LogP contribution is -2.09. The van der Waals surface area contributed by atoms with E-state index in [0.717, 1.165) is 33.5 Å². The van der Waals surface area contributed by atoms with Gasteiger partial charge < -0.3 is 4.74 Å². The zero-order chi connectivity index (χ0) is 22.1. The van der Waals surface area contributed by atoms with Crippen molar-refractivity contribution < 1.29 is 14.3 Å². The molecule has 158 valence electrons. The highest BCUT2D eigenvalue weighted by Gasteiger charge is 2.23. The van der Waals surface area contributed by atoms with Gasteiger partial charge in [0.2, 0.25) is 5.78 Å². The minimum absolute atomic E-state index is 0.119. The fourth-order valence-corrected chi connectivity index (χ4v) is 5.16. The molecule has 7 heteroatoms. The molecule has 2 aromatic carbocycles. The van der Waals surface area contributed by atoms with Crippen LogP contribution in [0.5, 0.6) is 5.75 Å². The Morgan fingerprint density at radius 1 is 1.00 bits per heavy atom. The molecule has 0 N–H and O–H groups in total. The van der Waals surface area contributed by atoms with Gasteiger partial charge in [0, 0.05) is 16.0 Å². The highest BCUT2D eigenvalue weighted by atomic mass is 32.1. The summed E-state index contributed by atoms with van der Waals surface area (Å²) in [7, 11) is 1.55. The Morgan fingerprint density at radius 2 is 1.77 bits per heavy atom. The van der Waals surface area contributed by atoms with Crippen molar-refractivity contribution in [2.45, 2.75) is 27.2 Å². The standard InChI is InChI=1S/C24H22N2O3S2/c1-13(2)9-15-5-7-17(18(10-15)14(3)27)23(28)24-21(29-4)12-22(30-24)16-6-8-19-20(11-16)26-31-25-19/h5-8,10-13H,9H2,1-4H3. The van der Waals surface area contributed by atoms with Crippen molar-refractivity contribution in [1.82, 2.24) is 8.75 Å². The van der Waals surface area contributed by atoms with Crippen LogP contribution in [0.15, 0.2) is 42.5 Å². The third kappa shape index (κ3) is 4.29. The van der Waals surface area contributed by atoms with Gasteiger partial charge in [0.15, 0.2) is 5.78 Å². The van der Waals surface area contributed by atoms with Crippen LogP contribution in [0.4, 0.5) is 0 Å². The molecule has 4 aromatic rings. The van der Waals surface area contributed by atoms with E-state index in [1.54, 1.807) is 13.2 Å². The van der Waals surface area contributed by atoms with Gasteiger partial charge in [-0.05, 0) is 60.7 Å². The van der Waals surface area contributed by atoms with Crippen molar-refractivity contribution in [3.8, 4) is 16.2 Å². The van der Waals surface area contributed by atoms with Crippen molar-refractivity contribution in [2.24, 2.45) is 5.92 Å². The van der Waals surface area contributed by atoms with Crippen molar-refractivity contribution in [1.29, 1.82) is 0 Å². The predicted molar refractivity (Wildman–Crippen MR) is 126 cm³/mol. The van der Waals surface area contributed by atoms with Gasteiger partial charge in [-0.1, -0.05) is 26.0 Å². The van der Waals surface area contributed by atoms with Crippen LogP contribution in [0.1, 0.15) is 51.9 Å². The van der Waals surface area contributed by atoms with E-state index in [0.29, 0.717) is 27.7 Å². The van der Waals surface area contributed by atoms with Crippen molar-refractivity contribution in [3.63, 3.8) is 0 Å². The molecule has 2 aromatic heterocycles. The zero-order valence-electron chi connectivity index (χ0n) is 17.8. The maximum absolute atomic E-state index is 13.5. The van der Waals surface area contributed by atoms with E-state index in [9.17, 15) is 9.59 Å². The Morgan fingerprint density at radius 3 is 2.48 bits per heavy atom. The molecule has 0 bridgehead atoms. The van der Waals surface area contributed by atoms with Crippen LogP contribution in [0.2, 0.25) is 0 Å². The number of ether oxygens (including phenoxy) is 1. The number of hydrogen-bond donors (Lipinski definition) is 0. The number of Topliss-reactive ketones (excluding diaryl/α,β-unsaturated/α-hetero) is 1. The van der Waals surface area contributed by atoms with Crippen LogP contribution in [0.3, 0.4) is 0 Å². The number of benzene rings is 2. The molecule has 4 rings (SSSR count). The first-order chi connectivity index (χ1) is 14.9. The third-order valence-corrected chi connectivity index (χ3v) is 6.74. The summed E-state index contributed by atoms with van der Waals surface area (Å²) in [6, 6.07) is 13.2. The number of ketones is 2. The first-order valence-electron chi connectivity index (χ1n) is 9.96. The molecule has 0 radical (unpaired) electrons. The van der Waals surface area contributed by atoms with Gasteiger partial charge in [-0.15, -0.1) is 11.3 Å². The summed E-state index contributed by atoms with van der Waals surface area (Å²) in [6.45, 7) is 5.76. The van der Waals surface area contributed by atoms with Gasteiger partial charge in [-0.3, -0.25) is 9.59 Å². The van der Waals surface area contributed by atoms with Crippen LogP contribution >= 0.6 is 23.1 Å². The SMILES string of the molecule is COc1cc(-c2ccc3nsnc3c2)sc1C(=O)c1ccc(CC(C)C)cc1C(C)=O. The van der Waals surface area contributed by atoms with Crippen molar-refractivity contribution >= 4 is 45.7 Å². The number of aromatic nitrogens is 2. The molecule has 0 amide bonds. The van der Waals surface area contributed by atoms with E-state index in [2.05, 4.69) is 22.6 Å². The summed E-state index contributed by atoms with van der Waals surface area (Å²) in [5.41, 5.74) is 4.53. The smallest absolute Gasteiger partial charge is 0.207 e. The second-order valence-electron chi connectivity index (χ2n) is 7.84. The van der Waals surface area contributed by atoms with Crippen molar-refractivity contribution in [2.75, 3.05) is 7.11 Å². The van der Waals surface area contributed by atoms with Crippen LogP contribution in [0.25, 0.3) is 21.5 Å². The fourth-order valence-electron chi connectivity index (χ4n) is 3.56. The quantitative estimate of drug-likeness (QED) is 0.320. The van der Waals surface area contributed by atoms with E-state index in [1.165, 1.54) is 30.0 Å². The summed E-state index contributed by atoms with van der Waals surface area (Å²) in [5, 5.41) is 0. The summed E-state index contributed by atoms with van der Waals surface area (Å²) in [5.74, 6) is 0.644. The monoisotopic (exact) mass is 450 g/mol. The number of carbonyl (C=O) groups excluding carboxylic acids is 2. The molecule has 5 nitrogen and oxygen atoms in total. The molecule has 31 heavy (non-hydrogen) atoms. The molecule has 0 fully saturated rings. The summed E-state index contributed by atoms with van der Waals surface area (Å²) in [4.78, 5) is 27.2. The summed E-state index contributed by atoms with van der Waals surface area (Å²) < 4.78 is 14.0. The summed E-state index contributed by atoms with van der Waals surface area (Å²) >= 11 is 2.53. The minimum Gasteiger partial charge on any atom is -0.495 e. The number of methoxy groups -OCH3 is 1. The Kier molecular flexibility index (Phi) is 5.98. The van der Waals surface area contributed by atoms with E-state index in [1.807, 2.05) is 36.4 Å². The Balaban J connectivity index is 1.75. The van der Waals surface area contributed by atoms with E-state index in [-0.39, 0.29) is 11.6 Å². The van der Waals surface area contributed by atoms with Gasteiger partial charge in [0.25, 0.3) is 0 Å². The van der Waals surface area contributed by atoms with Crippen LogP contribution < -0.4 is 4.74 Å². The molecule has 0 saturated heterocycles. The summed E-state index contributed by atoms with van der Waals surface area (Å²) in [6.07, 6.45) is 0.856. The van der Waals surface area contributed by atoms with Gasteiger partial charge in [0.05, 0.1) is 18.8 Å². The predicted octanol–water partition coefficient (Wildman–Crippen LogP) is 6.06. The van der Waals surface area contributed by atoms with Crippen LogP contribution in [-0.4, -0.2) is 27.4 Å². The number of hydrogen-bond acceptors (Lipinski definition) is 7. The molecular weight excluding hydrogens is 428 g/mol. The second kappa shape index (κ2) is 8.69. The lowest BCUT2D eigenvalue weighted by atomic mass is 9.94. The first kappa shape index (κ1) is 21.3. The Labute approximate surface area is 189 Å². The molecule has 0 unspecified atom stereocenters. The highest BCUT2D eigenvalue weighted by Crippen LogP contribution is 2.38. The van der Waals surface area contributed by atoms with E-state index < -0.39 is 0 Å². The van der Waals surface area contributed by atoms with Crippen LogP contribution in [0, 0.1) is 5.92 Å². The number of rotatable bonds is 7. The average molecular weight is 451 g/mol. The Bertz CT molecular complexity index is 1290. The lowest BCUT2D eigenvalue weighted by molar-refractivity contribution is 0.0990. The molecule has 2 heterocycles. The molecule has 0 spiro atoms. The minimum atomic E-state index is -0.203. The van der Waals surface area contributed by atoms with Crippen molar-refractivity contribution in [3.05, 3.63) is 64.0 Å². The largest absolute Gasteiger partial charge is 0.495 e. The number of fused-ring (bicyclic) bond motifs is 1. The second-order valence-corrected chi connectivity index (χ2v) is 9.42. The number of nitrogens with zero attached hydrogens (tertiary/aromatic N) is 2.